The number of hydrogen-bond acceptors (Lipinski definition) is 4. The van der Waals surface area contributed by atoms with Gasteiger partial charge in [-0.25, -0.2) is 0 Å². The lowest BCUT2D eigenvalue weighted by atomic mass is 9.43. The summed E-state index contributed by atoms with van der Waals surface area (Å²) in [6.45, 7) is 9.13. The van der Waals surface area contributed by atoms with Crippen molar-refractivity contribution in [3.8, 4) is 0 Å². The van der Waals surface area contributed by atoms with Gasteiger partial charge in [0.2, 0.25) is 5.91 Å². The minimum Gasteiger partial charge on any atom is -0.481 e. The van der Waals surface area contributed by atoms with Crippen molar-refractivity contribution in [1.29, 1.82) is 0 Å². The molecule has 4 fully saturated rings. The second-order valence-electron chi connectivity index (χ2n) is 18.5. The van der Waals surface area contributed by atoms with E-state index in [-0.39, 0.29) is 53.1 Å². The third-order valence-corrected chi connectivity index (χ3v) is 15.2. The second-order valence-corrected chi connectivity index (χ2v) is 18.5. The summed E-state index contributed by atoms with van der Waals surface area (Å²) in [5, 5.41) is 36.2. The monoisotopic (exact) mass is 702 g/mol. The Morgan fingerprint density at radius 1 is 0.720 bits per heavy atom. The van der Waals surface area contributed by atoms with Crippen LogP contribution in [0.25, 0.3) is 0 Å². The SMILES string of the molecule is CCCCCCCCCCCCCCCCCCCC(=O)N[C@H]1CC[C@@]2(C)[C@H](C1)C[C@@H](O)[C@@H]1[C@H]2C[C@H](O)[C@]2(C)[C@@H]([C@H](C)CCC(=O)O)CC[C@@H]12. The first-order valence-electron chi connectivity index (χ1n) is 21.9. The van der Waals surface area contributed by atoms with E-state index in [1.807, 2.05) is 0 Å². The lowest BCUT2D eigenvalue weighted by Crippen LogP contribution is -2.63. The van der Waals surface area contributed by atoms with Gasteiger partial charge in [-0.2, -0.15) is 0 Å². The summed E-state index contributed by atoms with van der Waals surface area (Å²) in [5.41, 5.74) is -0.186. The van der Waals surface area contributed by atoms with Crippen molar-refractivity contribution < 1.29 is 24.9 Å². The van der Waals surface area contributed by atoms with Crippen LogP contribution in [0.5, 0.6) is 0 Å². The smallest absolute Gasteiger partial charge is 0.303 e. The molecule has 0 heterocycles. The first-order chi connectivity index (χ1) is 24.0. The van der Waals surface area contributed by atoms with E-state index in [2.05, 4.69) is 33.0 Å². The topological polar surface area (TPSA) is 107 Å². The highest BCUT2D eigenvalue weighted by Crippen LogP contribution is 2.68. The van der Waals surface area contributed by atoms with E-state index in [4.69, 9.17) is 0 Å². The highest BCUT2D eigenvalue weighted by Gasteiger charge is 2.65. The van der Waals surface area contributed by atoms with Gasteiger partial charge in [0.15, 0.2) is 0 Å². The molecule has 1 amide bonds. The summed E-state index contributed by atoms with van der Waals surface area (Å²) in [7, 11) is 0. The highest BCUT2D eigenvalue weighted by atomic mass is 16.4. The number of aliphatic hydroxyl groups is 2. The Morgan fingerprint density at radius 3 is 1.84 bits per heavy atom. The van der Waals surface area contributed by atoms with Gasteiger partial charge in [-0.05, 0) is 104 Å². The van der Waals surface area contributed by atoms with Crippen LogP contribution in [0.1, 0.15) is 201 Å². The quantitative estimate of drug-likeness (QED) is 0.0794. The van der Waals surface area contributed by atoms with Crippen molar-refractivity contribution in [2.75, 3.05) is 0 Å². The predicted molar refractivity (Wildman–Crippen MR) is 205 cm³/mol. The van der Waals surface area contributed by atoms with Gasteiger partial charge in [0.05, 0.1) is 12.2 Å². The van der Waals surface area contributed by atoms with Crippen LogP contribution in [0, 0.1) is 46.3 Å². The van der Waals surface area contributed by atoms with Gasteiger partial charge >= 0.3 is 5.97 Å². The molecule has 11 atom stereocenters. The van der Waals surface area contributed by atoms with Crippen molar-refractivity contribution in [2.24, 2.45) is 46.3 Å². The average Bonchev–Trinajstić information content (AvgIpc) is 3.44. The third-order valence-electron chi connectivity index (χ3n) is 15.2. The molecule has 290 valence electrons. The average molecular weight is 702 g/mol. The van der Waals surface area contributed by atoms with Crippen LogP contribution >= 0.6 is 0 Å². The van der Waals surface area contributed by atoms with E-state index < -0.39 is 12.1 Å². The fourth-order valence-corrected chi connectivity index (χ4v) is 12.1. The summed E-state index contributed by atoms with van der Waals surface area (Å²) in [5.74, 6) is 1.14. The van der Waals surface area contributed by atoms with E-state index in [0.29, 0.717) is 30.6 Å². The molecule has 0 saturated heterocycles. The standard InChI is InChI=1S/C44H79NO5/c1-5-6-7-8-9-10-11-12-13-14-15-16-17-18-19-20-21-22-40(48)45-34-27-28-43(3)33(29-34)30-38(46)42-36-25-24-35(32(2)23-26-41(49)50)44(36,4)39(47)31-37(42)43/h32-39,42,46-47H,5-31H2,1-4H3,(H,45,48)(H,49,50)/t32-,33-,34+,35-,36+,37-,38-,39+,42+,43+,44-/m1/s1. The number of aliphatic carboxylic acids is 1. The molecular weight excluding hydrogens is 622 g/mol. The van der Waals surface area contributed by atoms with Gasteiger partial charge < -0.3 is 20.6 Å². The van der Waals surface area contributed by atoms with E-state index in [0.717, 1.165) is 57.8 Å². The third kappa shape index (κ3) is 10.7. The Morgan fingerprint density at radius 2 is 1.28 bits per heavy atom. The largest absolute Gasteiger partial charge is 0.481 e. The van der Waals surface area contributed by atoms with Gasteiger partial charge in [-0.3, -0.25) is 9.59 Å². The van der Waals surface area contributed by atoms with Crippen LogP contribution in [0.2, 0.25) is 0 Å². The van der Waals surface area contributed by atoms with Crippen LogP contribution in [0.3, 0.4) is 0 Å². The molecule has 0 radical (unpaired) electrons. The van der Waals surface area contributed by atoms with Crippen LogP contribution in [0.4, 0.5) is 0 Å². The molecule has 6 nitrogen and oxygen atoms in total. The minimum atomic E-state index is -0.746. The number of unbranched alkanes of at least 4 members (excludes halogenated alkanes) is 16. The molecule has 4 saturated carbocycles. The number of hydrogen-bond donors (Lipinski definition) is 4. The Kier molecular flexibility index (Phi) is 16.9. The molecule has 0 aromatic carbocycles. The van der Waals surface area contributed by atoms with Crippen molar-refractivity contribution in [2.45, 2.75) is 219 Å². The molecule has 50 heavy (non-hydrogen) atoms. The lowest BCUT2D eigenvalue weighted by Gasteiger charge is -2.63. The fourth-order valence-electron chi connectivity index (χ4n) is 12.1. The van der Waals surface area contributed by atoms with Gasteiger partial charge in [0.25, 0.3) is 0 Å². The molecule has 6 heteroatoms. The van der Waals surface area contributed by atoms with E-state index in [1.165, 1.54) is 96.3 Å². The summed E-state index contributed by atoms with van der Waals surface area (Å²) in [4.78, 5) is 24.2. The Balaban J connectivity index is 1.10. The molecule has 0 bridgehead atoms. The number of fused-ring (bicyclic) bond motifs is 5. The molecule has 0 spiro atoms. The van der Waals surface area contributed by atoms with E-state index >= 15 is 0 Å². The Bertz CT molecular complexity index is 1020. The molecule has 4 N–H and O–H groups in total. The molecule has 4 rings (SSSR count). The number of carboxylic acids is 1. The zero-order valence-electron chi connectivity index (χ0n) is 32.9. The summed E-state index contributed by atoms with van der Waals surface area (Å²) < 4.78 is 0. The van der Waals surface area contributed by atoms with Crippen molar-refractivity contribution >= 4 is 11.9 Å². The van der Waals surface area contributed by atoms with Gasteiger partial charge in [0, 0.05) is 18.9 Å². The number of carbonyl (C=O) groups is 2. The first-order valence-corrected chi connectivity index (χ1v) is 21.9. The molecule has 0 aliphatic heterocycles. The highest BCUT2D eigenvalue weighted by molar-refractivity contribution is 5.76. The van der Waals surface area contributed by atoms with Crippen LogP contribution in [0.15, 0.2) is 0 Å². The molecule has 0 aromatic rings. The van der Waals surface area contributed by atoms with E-state index in [9.17, 15) is 24.9 Å². The first kappa shape index (κ1) is 41.6. The predicted octanol–water partition coefficient (Wildman–Crippen LogP) is 10.6. The van der Waals surface area contributed by atoms with Gasteiger partial charge in [-0.15, -0.1) is 0 Å². The number of carbonyl (C=O) groups excluding carboxylic acids is 1. The van der Waals surface area contributed by atoms with Crippen LogP contribution < -0.4 is 5.32 Å². The zero-order valence-corrected chi connectivity index (χ0v) is 32.9. The maximum atomic E-state index is 13.0. The molecule has 0 unspecified atom stereocenters. The Hall–Kier alpha value is -1.14. The maximum absolute atomic E-state index is 13.0. The van der Waals surface area contributed by atoms with Crippen LogP contribution in [-0.4, -0.2) is 45.4 Å². The molecule has 4 aliphatic rings. The number of nitrogens with one attached hydrogen (secondary N) is 1. The van der Waals surface area contributed by atoms with E-state index in [1.54, 1.807) is 0 Å². The van der Waals surface area contributed by atoms with Crippen LogP contribution in [-0.2, 0) is 9.59 Å². The normalized spacial score (nSPS) is 35.6. The molecular formula is C44H79NO5. The minimum absolute atomic E-state index is 0.0774. The number of rotatable bonds is 23. The van der Waals surface area contributed by atoms with Gasteiger partial charge in [-0.1, -0.05) is 130 Å². The summed E-state index contributed by atoms with van der Waals surface area (Å²) in [6, 6.07) is 0.194. The second kappa shape index (κ2) is 20.4. The zero-order chi connectivity index (χ0) is 36.1. The number of carboxylic acid groups (broad SMARTS) is 1. The van der Waals surface area contributed by atoms with Gasteiger partial charge in [0.1, 0.15) is 0 Å². The maximum Gasteiger partial charge on any atom is 0.303 e. The van der Waals surface area contributed by atoms with Crippen molar-refractivity contribution in [3.63, 3.8) is 0 Å². The van der Waals surface area contributed by atoms with Crippen molar-refractivity contribution in [3.05, 3.63) is 0 Å². The summed E-state index contributed by atoms with van der Waals surface area (Å²) >= 11 is 0. The summed E-state index contributed by atoms with van der Waals surface area (Å²) in [6.07, 6.45) is 30.1. The number of amides is 1. The number of aliphatic hydroxyl groups excluding tert-OH is 2. The molecule has 0 aromatic heterocycles. The fraction of sp³-hybridized carbons (Fsp3) is 0.955. The lowest BCUT2D eigenvalue weighted by molar-refractivity contribution is -0.202. The van der Waals surface area contributed by atoms with Crippen molar-refractivity contribution in [1.82, 2.24) is 5.32 Å². The Labute approximate surface area is 307 Å². The molecule has 4 aliphatic carbocycles.